The third-order valence-corrected chi connectivity index (χ3v) is 5.26. The maximum atomic E-state index is 12.0. The Morgan fingerprint density at radius 2 is 2.04 bits per heavy atom. The van der Waals surface area contributed by atoms with Gasteiger partial charge in [0.05, 0.1) is 12.7 Å². The number of rotatable bonds is 5. The fourth-order valence-electron chi connectivity index (χ4n) is 3.50. The number of methoxy groups -OCH3 is 1. The minimum Gasteiger partial charge on any atom is -0.496 e. The summed E-state index contributed by atoms with van der Waals surface area (Å²) in [4.78, 5) is 17.9. The molecule has 0 bridgehead atoms. The summed E-state index contributed by atoms with van der Waals surface area (Å²) in [7, 11) is 1.49. The van der Waals surface area contributed by atoms with Gasteiger partial charge in [-0.1, -0.05) is 23.7 Å². The molecule has 0 amide bonds. The number of nitrogens with zero attached hydrogens (tertiary/aromatic N) is 2. The number of ether oxygens (including phenoxy) is 1. The second-order valence-corrected chi connectivity index (χ2v) is 6.81. The lowest BCUT2D eigenvalue weighted by Gasteiger charge is -2.41. The first kappa shape index (κ1) is 18.6. The summed E-state index contributed by atoms with van der Waals surface area (Å²) in [6.45, 7) is 0.827. The fourth-order valence-corrected chi connectivity index (χ4v) is 3.77. The molecule has 0 radical (unpaired) electrons. The predicted molar refractivity (Wildman–Crippen MR) is 97.3 cm³/mol. The summed E-state index contributed by atoms with van der Waals surface area (Å²) in [5.41, 5.74) is 0.191. The molecule has 0 spiro atoms. The van der Waals surface area contributed by atoms with E-state index in [0.717, 1.165) is 5.56 Å². The van der Waals surface area contributed by atoms with Crippen LogP contribution in [0.1, 0.15) is 30.0 Å². The van der Waals surface area contributed by atoms with Gasteiger partial charge in [-0.3, -0.25) is 14.7 Å². The third-order valence-electron chi connectivity index (χ3n) is 4.93. The monoisotopic (exact) mass is 376 g/mol. The van der Waals surface area contributed by atoms with Crippen LogP contribution in [-0.4, -0.2) is 46.3 Å². The van der Waals surface area contributed by atoms with Gasteiger partial charge in [-0.2, -0.15) is 0 Å². The third kappa shape index (κ3) is 3.53. The van der Waals surface area contributed by atoms with E-state index in [1.165, 1.54) is 7.11 Å². The number of aromatic nitrogens is 1. The van der Waals surface area contributed by atoms with E-state index in [1.807, 2.05) is 11.0 Å². The molecule has 1 unspecified atom stereocenters. The zero-order valence-electron chi connectivity index (χ0n) is 14.4. The molecule has 1 fully saturated rings. The topological polar surface area (TPSA) is 82.9 Å². The molecule has 2 heterocycles. The number of likely N-dealkylation sites (tertiary alicyclic amines) is 1. The lowest BCUT2D eigenvalue weighted by molar-refractivity contribution is -0.146. The standard InChI is InChI=1S/C19H21ClN2O4/c1-26-15-6-2-5-14(20)16(15)17(18(23)24)22-10-7-19(25,8-11-22)13-4-3-9-21-12-13/h2-6,9,12,17,25H,7-8,10-11H2,1H3,(H,23,24). The Balaban J connectivity index is 1.86. The summed E-state index contributed by atoms with van der Waals surface area (Å²) < 4.78 is 5.33. The molecule has 2 aromatic rings. The van der Waals surface area contributed by atoms with Gasteiger partial charge in [-0.25, -0.2) is 0 Å². The van der Waals surface area contributed by atoms with Gasteiger partial charge in [0.1, 0.15) is 11.8 Å². The zero-order chi connectivity index (χ0) is 18.7. The molecule has 1 aliphatic heterocycles. The highest BCUT2D eigenvalue weighted by Crippen LogP contribution is 2.40. The van der Waals surface area contributed by atoms with Crippen molar-refractivity contribution in [2.24, 2.45) is 0 Å². The van der Waals surface area contributed by atoms with Crippen molar-refractivity contribution in [3.8, 4) is 5.75 Å². The number of carboxylic acid groups (broad SMARTS) is 1. The minimum absolute atomic E-state index is 0.352. The zero-order valence-corrected chi connectivity index (χ0v) is 15.2. The molecule has 3 rings (SSSR count). The number of halogens is 1. The van der Waals surface area contributed by atoms with E-state index in [1.54, 1.807) is 36.7 Å². The Labute approximate surface area is 157 Å². The summed E-state index contributed by atoms with van der Waals surface area (Å²) in [6, 6.07) is 7.78. The maximum absolute atomic E-state index is 12.0. The van der Waals surface area contributed by atoms with Gasteiger partial charge >= 0.3 is 5.97 Å². The van der Waals surface area contributed by atoms with Crippen molar-refractivity contribution >= 4 is 17.6 Å². The van der Waals surface area contributed by atoms with Crippen LogP contribution < -0.4 is 4.74 Å². The predicted octanol–water partition coefficient (Wildman–Crippen LogP) is 2.85. The maximum Gasteiger partial charge on any atom is 0.325 e. The Morgan fingerprint density at radius 1 is 1.31 bits per heavy atom. The number of aliphatic hydroxyl groups is 1. The average Bonchev–Trinajstić information content (AvgIpc) is 2.65. The van der Waals surface area contributed by atoms with Gasteiger partial charge in [0, 0.05) is 41.6 Å². The molecule has 0 aliphatic carbocycles. The molecular formula is C19H21ClN2O4. The first-order chi connectivity index (χ1) is 12.5. The summed E-state index contributed by atoms with van der Waals surface area (Å²) in [5.74, 6) is -0.554. The minimum atomic E-state index is -1.00. The number of carbonyl (C=O) groups is 1. The fraction of sp³-hybridized carbons (Fsp3) is 0.368. The van der Waals surface area contributed by atoms with Gasteiger partial charge in [0.25, 0.3) is 0 Å². The largest absolute Gasteiger partial charge is 0.496 e. The lowest BCUT2D eigenvalue weighted by Crippen LogP contribution is -2.46. The normalized spacial score (nSPS) is 18.3. The Hall–Kier alpha value is -2.15. The summed E-state index contributed by atoms with van der Waals surface area (Å²) in [6.07, 6.45) is 4.14. The highest BCUT2D eigenvalue weighted by molar-refractivity contribution is 6.31. The molecule has 26 heavy (non-hydrogen) atoms. The van der Waals surface area contributed by atoms with E-state index in [9.17, 15) is 15.0 Å². The van der Waals surface area contributed by atoms with Crippen molar-refractivity contribution in [1.82, 2.24) is 9.88 Å². The lowest BCUT2D eigenvalue weighted by atomic mass is 9.84. The molecule has 7 heteroatoms. The van der Waals surface area contributed by atoms with Crippen LogP contribution >= 0.6 is 11.6 Å². The summed E-state index contributed by atoms with van der Waals surface area (Å²) in [5, 5.41) is 21.1. The van der Waals surface area contributed by atoms with Gasteiger partial charge < -0.3 is 14.9 Å². The average molecular weight is 377 g/mol. The van der Waals surface area contributed by atoms with Crippen molar-refractivity contribution < 1.29 is 19.7 Å². The molecule has 138 valence electrons. The number of hydrogen-bond acceptors (Lipinski definition) is 5. The number of hydrogen-bond donors (Lipinski definition) is 2. The molecule has 1 aliphatic rings. The molecule has 1 aromatic heterocycles. The van der Waals surface area contributed by atoms with Crippen LogP contribution in [0.3, 0.4) is 0 Å². The van der Waals surface area contributed by atoms with E-state index in [-0.39, 0.29) is 0 Å². The van der Waals surface area contributed by atoms with Crippen LogP contribution in [-0.2, 0) is 10.4 Å². The molecule has 1 atom stereocenters. The number of aliphatic carboxylic acids is 1. The van der Waals surface area contributed by atoms with Crippen molar-refractivity contribution in [2.75, 3.05) is 20.2 Å². The number of carboxylic acids is 1. The van der Waals surface area contributed by atoms with Crippen LogP contribution in [0.15, 0.2) is 42.7 Å². The van der Waals surface area contributed by atoms with E-state index in [2.05, 4.69) is 4.98 Å². The van der Waals surface area contributed by atoms with E-state index >= 15 is 0 Å². The smallest absolute Gasteiger partial charge is 0.325 e. The van der Waals surface area contributed by atoms with Crippen LogP contribution in [0.4, 0.5) is 0 Å². The Kier molecular flexibility index (Phi) is 5.46. The molecule has 6 nitrogen and oxygen atoms in total. The van der Waals surface area contributed by atoms with Crippen molar-refractivity contribution in [3.63, 3.8) is 0 Å². The van der Waals surface area contributed by atoms with Gasteiger partial charge in [-0.15, -0.1) is 0 Å². The van der Waals surface area contributed by atoms with Crippen LogP contribution in [0.2, 0.25) is 5.02 Å². The van der Waals surface area contributed by atoms with Gasteiger partial charge in [-0.05, 0) is 31.0 Å². The number of piperidine rings is 1. The SMILES string of the molecule is COc1cccc(Cl)c1C(C(=O)O)N1CCC(O)(c2cccnc2)CC1. The van der Waals surface area contributed by atoms with Crippen LogP contribution in [0.5, 0.6) is 5.75 Å². The number of benzene rings is 1. The molecule has 2 N–H and O–H groups in total. The van der Waals surface area contributed by atoms with Gasteiger partial charge in [0.2, 0.25) is 0 Å². The first-order valence-corrected chi connectivity index (χ1v) is 8.76. The molecule has 1 saturated heterocycles. The summed E-state index contributed by atoms with van der Waals surface area (Å²) >= 11 is 6.29. The second kappa shape index (κ2) is 7.61. The number of pyridine rings is 1. The molecule has 0 saturated carbocycles. The van der Waals surface area contributed by atoms with E-state index in [0.29, 0.717) is 42.3 Å². The van der Waals surface area contributed by atoms with Crippen molar-refractivity contribution in [3.05, 3.63) is 58.9 Å². The Morgan fingerprint density at radius 3 is 2.62 bits per heavy atom. The van der Waals surface area contributed by atoms with Crippen LogP contribution in [0.25, 0.3) is 0 Å². The van der Waals surface area contributed by atoms with Crippen LogP contribution in [0, 0.1) is 0 Å². The second-order valence-electron chi connectivity index (χ2n) is 6.41. The van der Waals surface area contributed by atoms with Gasteiger partial charge in [0.15, 0.2) is 0 Å². The van der Waals surface area contributed by atoms with E-state index < -0.39 is 17.6 Å². The van der Waals surface area contributed by atoms with Crippen molar-refractivity contribution in [2.45, 2.75) is 24.5 Å². The molecular weight excluding hydrogens is 356 g/mol. The molecule has 1 aromatic carbocycles. The Bertz CT molecular complexity index is 776. The quantitative estimate of drug-likeness (QED) is 0.835. The first-order valence-electron chi connectivity index (χ1n) is 8.38. The highest BCUT2D eigenvalue weighted by Gasteiger charge is 2.40. The highest BCUT2D eigenvalue weighted by atomic mass is 35.5. The van der Waals surface area contributed by atoms with E-state index in [4.69, 9.17) is 16.3 Å². The van der Waals surface area contributed by atoms with Crippen molar-refractivity contribution in [1.29, 1.82) is 0 Å².